The lowest BCUT2D eigenvalue weighted by atomic mass is 9.87. The van der Waals surface area contributed by atoms with Gasteiger partial charge in [0.15, 0.2) is 6.17 Å². The van der Waals surface area contributed by atoms with Crippen LogP contribution in [0.15, 0.2) is 30.3 Å². The highest BCUT2D eigenvalue weighted by molar-refractivity contribution is 5.43. The minimum Gasteiger partial charge on any atom is -0.507 e. The molecule has 1 aromatic carbocycles. The molecule has 1 N–H and O–H groups in total. The number of aryl methyl sites for hydroxylation is 4. The van der Waals surface area contributed by atoms with Gasteiger partial charge in [0, 0.05) is 17.0 Å². The fourth-order valence-corrected chi connectivity index (χ4v) is 3.69. The number of benzene rings is 1. The highest BCUT2D eigenvalue weighted by Gasteiger charge is 2.26. The van der Waals surface area contributed by atoms with E-state index in [1.54, 1.807) is 0 Å². The number of nitrogens with zero attached hydrogens (tertiary/aromatic N) is 4. The standard InChI is InChI=1S/C22H30N4O/c1-14-11-16(3)25(23-14)21(26-17(4)12-15(2)24-26)19-10-8-9-18(20(19)27)13-22(5,6)7/h8-12,21,27H,13H2,1-7H3. The summed E-state index contributed by atoms with van der Waals surface area (Å²) >= 11 is 0. The van der Waals surface area contributed by atoms with E-state index in [-0.39, 0.29) is 11.6 Å². The quantitative estimate of drug-likeness (QED) is 0.728. The summed E-state index contributed by atoms with van der Waals surface area (Å²) in [5.74, 6) is 0.331. The summed E-state index contributed by atoms with van der Waals surface area (Å²) in [6.45, 7) is 14.6. The molecule has 0 atom stereocenters. The third-order valence-corrected chi connectivity index (χ3v) is 4.70. The maximum Gasteiger partial charge on any atom is 0.172 e. The summed E-state index contributed by atoms with van der Waals surface area (Å²) in [6.07, 6.45) is 0.473. The van der Waals surface area contributed by atoms with Gasteiger partial charge in [-0.25, -0.2) is 9.36 Å². The van der Waals surface area contributed by atoms with Gasteiger partial charge in [-0.3, -0.25) is 0 Å². The summed E-state index contributed by atoms with van der Waals surface area (Å²) in [6, 6.07) is 10.1. The molecule has 2 aromatic heterocycles. The van der Waals surface area contributed by atoms with E-state index in [1.165, 1.54) is 0 Å². The summed E-state index contributed by atoms with van der Waals surface area (Å²) in [5.41, 5.74) is 5.81. The van der Waals surface area contributed by atoms with Crippen molar-refractivity contribution >= 4 is 0 Å². The number of rotatable bonds is 4. The van der Waals surface area contributed by atoms with E-state index >= 15 is 0 Å². The molecule has 3 aromatic rings. The molecule has 5 heteroatoms. The second-order valence-corrected chi connectivity index (χ2v) is 8.71. The SMILES string of the molecule is Cc1cc(C)n(C(c2cccc(CC(C)(C)C)c2O)n2nc(C)cc2C)n1. The summed E-state index contributed by atoms with van der Waals surface area (Å²) in [4.78, 5) is 0. The van der Waals surface area contributed by atoms with Crippen LogP contribution in [-0.4, -0.2) is 24.7 Å². The fraction of sp³-hybridized carbons (Fsp3) is 0.455. The van der Waals surface area contributed by atoms with Crippen LogP contribution in [0, 0.1) is 33.1 Å². The van der Waals surface area contributed by atoms with E-state index in [0.29, 0.717) is 5.75 Å². The van der Waals surface area contributed by atoms with E-state index < -0.39 is 0 Å². The van der Waals surface area contributed by atoms with Gasteiger partial charge in [0.1, 0.15) is 5.75 Å². The van der Waals surface area contributed by atoms with Crippen molar-refractivity contribution in [2.75, 3.05) is 0 Å². The molecule has 0 amide bonds. The van der Waals surface area contributed by atoms with Gasteiger partial charge in [0.25, 0.3) is 0 Å². The zero-order chi connectivity index (χ0) is 19.9. The molecule has 0 spiro atoms. The monoisotopic (exact) mass is 366 g/mol. The molecule has 0 aliphatic carbocycles. The number of para-hydroxylation sites is 1. The molecular formula is C22H30N4O. The Morgan fingerprint density at radius 3 is 1.85 bits per heavy atom. The minimum atomic E-state index is -0.327. The van der Waals surface area contributed by atoms with Gasteiger partial charge in [0.2, 0.25) is 0 Å². The van der Waals surface area contributed by atoms with Crippen LogP contribution in [0.3, 0.4) is 0 Å². The lowest BCUT2D eigenvalue weighted by molar-refractivity contribution is 0.366. The van der Waals surface area contributed by atoms with Gasteiger partial charge < -0.3 is 5.11 Å². The number of aromatic nitrogens is 4. The molecule has 0 aliphatic heterocycles. The smallest absolute Gasteiger partial charge is 0.172 e. The topological polar surface area (TPSA) is 55.9 Å². The van der Waals surface area contributed by atoms with Crippen LogP contribution in [0.4, 0.5) is 0 Å². The predicted octanol–water partition coefficient (Wildman–Crippen LogP) is 4.70. The molecule has 0 fully saturated rings. The van der Waals surface area contributed by atoms with Crippen molar-refractivity contribution in [2.24, 2.45) is 5.41 Å². The first-order valence-corrected chi connectivity index (χ1v) is 9.43. The highest BCUT2D eigenvalue weighted by Crippen LogP contribution is 2.35. The molecule has 0 radical (unpaired) electrons. The molecule has 0 aliphatic rings. The number of hydrogen-bond acceptors (Lipinski definition) is 3. The molecule has 0 saturated carbocycles. The maximum absolute atomic E-state index is 11.2. The molecule has 3 rings (SSSR count). The maximum atomic E-state index is 11.2. The second kappa shape index (κ2) is 6.87. The first-order chi connectivity index (χ1) is 12.6. The van der Waals surface area contributed by atoms with Crippen molar-refractivity contribution in [1.82, 2.24) is 19.6 Å². The van der Waals surface area contributed by atoms with Gasteiger partial charge >= 0.3 is 0 Å². The van der Waals surface area contributed by atoms with Gasteiger partial charge in [-0.1, -0.05) is 39.0 Å². The van der Waals surface area contributed by atoms with E-state index in [9.17, 15) is 5.11 Å². The van der Waals surface area contributed by atoms with Crippen LogP contribution in [0.5, 0.6) is 5.75 Å². The second-order valence-electron chi connectivity index (χ2n) is 8.71. The van der Waals surface area contributed by atoms with Gasteiger partial charge in [-0.15, -0.1) is 0 Å². The van der Waals surface area contributed by atoms with Crippen molar-refractivity contribution in [3.63, 3.8) is 0 Å². The molecular weight excluding hydrogens is 336 g/mol. The van der Waals surface area contributed by atoms with Crippen molar-refractivity contribution in [3.05, 3.63) is 64.2 Å². The van der Waals surface area contributed by atoms with Crippen LogP contribution < -0.4 is 0 Å². The van der Waals surface area contributed by atoms with E-state index in [2.05, 4.69) is 32.9 Å². The third kappa shape index (κ3) is 3.92. The number of phenols is 1. The van der Waals surface area contributed by atoms with E-state index in [0.717, 1.165) is 40.3 Å². The van der Waals surface area contributed by atoms with Crippen LogP contribution in [0.2, 0.25) is 0 Å². The lowest BCUT2D eigenvalue weighted by Gasteiger charge is -2.25. The van der Waals surface area contributed by atoms with Crippen LogP contribution in [-0.2, 0) is 6.42 Å². The van der Waals surface area contributed by atoms with Gasteiger partial charge in [-0.05, 0) is 57.2 Å². The Labute approximate surface area is 161 Å². The first-order valence-electron chi connectivity index (χ1n) is 9.43. The van der Waals surface area contributed by atoms with E-state index in [1.807, 2.05) is 55.3 Å². The summed E-state index contributed by atoms with van der Waals surface area (Å²) < 4.78 is 3.90. The normalized spacial score (nSPS) is 12.1. The van der Waals surface area contributed by atoms with Crippen LogP contribution >= 0.6 is 0 Å². The van der Waals surface area contributed by atoms with Crippen molar-refractivity contribution in [2.45, 2.75) is 61.1 Å². The molecule has 144 valence electrons. The molecule has 0 saturated heterocycles. The molecule has 5 nitrogen and oxygen atoms in total. The van der Waals surface area contributed by atoms with Crippen molar-refractivity contribution in [1.29, 1.82) is 0 Å². The van der Waals surface area contributed by atoms with Gasteiger partial charge in [0.05, 0.1) is 11.4 Å². The fourth-order valence-electron chi connectivity index (χ4n) is 3.69. The number of hydrogen-bond donors (Lipinski definition) is 1. The largest absolute Gasteiger partial charge is 0.507 e. The van der Waals surface area contributed by atoms with Crippen LogP contribution in [0.25, 0.3) is 0 Å². The molecule has 2 heterocycles. The Morgan fingerprint density at radius 2 is 1.44 bits per heavy atom. The van der Waals surface area contributed by atoms with E-state index in [4.69, 9.17) is 10.2 Å². The first kappa shape index (κ1) is 19.2. The minimum absolute atomic E-state index is 0.0853. The Bertz CT molecular complexity index is 913. The van der Waals surface area contributed by atoms with Crippen molar-refractivity contribution < 1.29 is 5.11 Å². The molecule has 0 bridgehead atoms. The Balaban J connectivity index is 2.22. The zero-order valence-corrected chi connectivity index (χ0v) is 17.4. The average molecular weight is 367 g/mol. The Hall–Kier alpha value is -2.56. The third-order valence-electron chi connectivity index (χ3n) is 4.70. The molecule has 0 unspecified atom stereocenters. The zero-order valence-electron chi connectivity index (χ0n) is 17.4. The number of aromatic hydroxyl groups is 1. The molecule has 27 heavy (non-hydrogen) atoms. The average Bonchev–Trinajstić information content (AvgIpc) is 3.04. The lowest BCUT2D eigenvalue weighted by Crippen LogP contribution is -2.24. The Morgan fingerprint density at radius 1 is 0.926 bits per heavy atom. The highest BCUT2D eigenvalue weighted by atomic mass is 16.3. The summed E-state index contributed by atoms with van der Waals surface area (Å²) in [7, 11) is 0. The number of phenolic OH excluding ortho intramolecular Hbond substituents is 1. The van der Waals surface area contributed by atoms with Gasteiger partial charge in [-0.2, -0.15) is 10.2 Å². The summed E-state index contributed by atoms with van der Waals surface area (Å²) in [5, 5.41) is 20.6. The predicted molar refractivity (Wildman–Crippen MR) is 108 cm³/mol. The van der Waals surface area contributed by atoms with Crippen LogP contribution in [0.1, 0.15) is 60.8 Å². The van der Waals surface area contributed by atoms with Crippen molar-refractivity contribution in [3.8, 4) is 5.75 Å². The Kier molecular flexibility index (Phi) is 4.89.